The maximum absolute atomic E-state index is 11.8. The zero-order valence-corrected chi connectivity index (χ0v) is 12.1. The highest BCUT2D eigenvalue weighted by Gasteiger charge is 2.45. The molecule has 0 aromatic heterocycles. The Balaban J connectivity index is 1.77. The third-order valence-corrected chi connectivity index (χ3v) is 4.39. The van der Waals surface area contributed by atoms with Crippen LogP contribution < -0.4 is 0 Å². The summed E-state index contributed by atoms with van der Waals surface area (Å²) < 4.78 is 11.3. The highest BCUT2D eigenvalue weighted by Crippen LogP contribution is 2.48. The first kappa shape index (κ1) is 13.4. The third-order valence-electron chi connectivity index (χ3n) is 4.39. The third kappa shape index (κ3) is 2.08. The van der Waals surface area contributed by atoms with Gasteiger partial charge in [-0.05, 0) is 37.8 Å². The van der Waals surface area contributed by atoms with Gasteiger partial charge in [-0.2, -0.15) is 0 Å². The molecule has 1 aromatic rings. The molecule has 3 rings (SSSR count). The van der Waals surface area contributed by atoms with Gasteiger partial charge in [0.25, 0.3) is 0 Å². The molecule has 0 bridgehead atoms. The monoisotopic (exact) mass is 275 g/mol. The SMILES string of the molecule is CCOC(=O)N1CCC2(CC1)OC(C)c1ccccc12. The van der Waals surface area contributed by atoms with Gasteiger partial charge in [0.2, 0.25) is 0 Å². The van der Waals surface area contributed by atoms with Gasteiger partial charge in [-0.15, -0.1) is 0 Å². The van der Waals surface area contributed by atoms with Crippen molar-refractivity contribution in [1.29, 1.82) is 0 Å². The van der Waals surface area contributed by atoms with Crippen molar-refractivity contribution in [3.8, 4) is 0 Å². The second-order valence-electron chi connectivity index (χ2n) is 5.53. The Kier molecular flexibility index (Phi) is 3.42. The number of carbonyl (C=O) groups is 1. The summed E-state index contributed by atoms with van der Waals surface area (Å²) in [5, 5.41) is 0. The van der Waals surface area contributed by atoms with Gasteiger partial charge in [0.1, 0.15) is 0 Å². The average Bonchev–Trinajstić information content (AvgIpc) is 2.74. The van der Waals surface area contributed by atoms with Crippen molar-refractivity contribution in [2.45, 2.75) is 38.4 Å². The molecule has 4 heteroatoms. The second-order valence-corrected chi connectivity index (χ2v) is 5.53. The van der Waals surface area contributed by atoms with Gasteiger partial charge in [-0.3, -0.25) is 0 Å². The molecule has 20 heavy (non-hydrogen) atoms. The molecule has 1 amide bonds. The van der Waals surface area contributed by atoms with Gasteiger partial charge in [-0.1, -0.05) is 24.3 Å². The van der Waals surface area contributed by atoms with E-state index in [-0.39, 0.29) is 17.8 Å². The van der Waals surface area contributed by atoms with E-state index in [1.54, 1.807) is 4.90 Å². The molecule has 4 nitrogen and oxygen atoms in total. The van der Waals surface area contributed by atoms with Gasteiger partial charge in [-0.25, -0.2) is 4.79 Å². The van der Waals surface area contributed by atoms with Crippen LogP contribution in [0.2, 0.25) is 0 Å². The lowest BCUT2D eigenvalue weighted by molar-refractivity contribution is -0.101. The predicted molar refractivity (Wildman–Crippen MR) is 75.4 cm³/mol. The number of amides is 1. The van der Waals surface area contributed by atoms with E-state index >= 15 is 0 Å². The van der Waals surface area contributed by atoms with Crippen molar-refractivity contribution < 1.29 is 14.3 Å². The number of fused-ring (bicyclic) bond motifs is 2. The molecule has 0 aliphatic carbocycles. The molecular weight excluding hydrogens is 254 g/mol. The molecule has 0 radical (unpaired) electrons. The number of piperidine rings is 1. The van der Waals surface area contributed by atoms with E-state index in [9.17, 15) is 4.79 Å². The molecule has 2 heterocycles. The maximum atomic E-state index is 11.8. The largest absolute Gasteiger partial charge is 0.450 e. The number of nitrogens with zero attached hydrogens (tertiary/aromatic N) is 1. The molecule has 2 aliphatic rings. The van der Waals surface area contributed by atoms with E-state index in [4.69, 9.17) is 9.47 Å². The van der Waals surface area contributed by atoms with Crippen LogP contribution in [0.3, 0.4) is 0 Å². The molecule has 0 saturated carbocycles. The number of likely N-dealkylation sites (tertiary alicyclic amines) is 1. The smallest absolute Gasteiger partial charge is 0.409 e. The van der Waals surface area contributed by atoms with Gasteiger partial charge in [0.15, 0.2) is 0 Å². The molecule has 108 valence electrons. The van der Waals surface area contributed by atoms with E-state index in [2.05, 4.69) is 31.2 Å². The van der Waals surface area contributed by atoms with Gasteiger partial charge < -0.3 is 14.4 Å². The van der Waals surface area contributed by atoms with E-state index in [0.29, 0.717) is 19.7 Å². The van der Waals surface area contributed by atoms with Crippen molar-refractivity contribution in [1.82, 2.24) is 4.90 Å². The maximum Gasteiger partial charge on any atom is 0.409 e. The van der Waals surface area contributed by atoms with Crippen molar-refractivity contribution in [3.63, 3.8) is 0 Å². The van der Waals surface area contributed by atoms with E-state index in [1.165, 1.54) is 11.1 Å². The Hall–Kier alpha value is -1.55. The summed E-state index contributed by atoms with van der Waals surface area (Å²) >= 11 is 0. The first-order chi connectivity index (χ1) is 9.66. The lowest BCUT2D eigenvalue weighted by Crippen LogP contribution is -2.45. The van der Waals surface area contributed by atoms with Crippen LogP contribution in [0.1, 0.15) is 43.9 Å². The summed E-state index contributed by atoms with van der Waals surface area (Å²) in [5.74, 6) is 0. The molecule has 1 spiro atoms. The Bertz CT molecular complexity index is 506. The topological polar surface area (TPSA) is 38.8 Å². The lowest BCUT2D eigenvalue weighted by Gasteiger charge is -2.39. The number of hydrogen-bond acceptors (Lipinski definition) is 3. The fourth-order valence-corrected chi connectivity index (χ4v) is 3.38. The highest BCUT2D eigenvalue weighted by molar-refractivity contribution is 5.67. The number of ether oxygens (including phenoxy) is 2. The van der Waals surface area contributed by atoms with Crippen LogP contribution in [0.5, 0.6) is 0 Å². The van der Waals surface area contributed by atoms with Crippen LogP contribution >= 0.6 is 0 Å². The highest BCUT2D eigenvalue weighted by atomic mass is 16.6. The number of rotatable bonds is 1. The van der Waals surface area contributed by atoms with Crippen LogP contribution in [0.4, 0.5) is 4.79 Å². The van der Waals surface area contributed by atoms with E-state index in [0.717, 1.165) is 12.8 Å². The number of carbonyl (C=O) groups excluding carboxylic acids is 1. The number of benzene rings is 1. The van der Waals surface area contributed by atoms with Crippen molar-refractivity contribution >= 4 is 6.09 Å². The Labute approximate surface area is 119 Å². The predicted octanol–water partition coefficient (Wildman–Crippen LogP) is 3.23. The first-order valence-corrected chi connectivity index (χ1v) is 7.35. The number of hydrogen-bond donors (Lipinski definition) is 0. The zero-order valence-electron chi connectivity index (χ0n) is 12.1. The molecule has 1 saturated heterocycles. The summed E-state index contributed by atoms with van der Waals surface area (Å²) in [6, 6.07) is 8.44. The van der Waals surface area contributed by atoms with Crippen LogP contribution in [0, 0.1) is 0 Å². The van der Waals surface area contributed by atoms with Crippen LogP contribution in [-0.4, -0.2) is 30.7 Å². The first-order valence-electron chi connectivity index (χ1n) is 7.35. The van der Waals surface area contributed by atoms with E-state index in [1.807, 2.05) is 6.92 Å². The second kappa shape index (κ2) is 5.09. The van der Waals surface area contributed by atoms with Crippen LogP contribution in [0.25, 0.3) is 0 Å². The summed E-state index contributed by atoms with van der Waals surface area (Å²) in [7, 11) is 0. The molecule has 2 aliphatic heterocycles. The summed E-state index contributed by atoms with van der Waals surface area (Å²) in [6.07, 6.45) is 1.61. The molecule has 1 aromatic carbocycles. The normalized spacial score (nSPS) is 23.7. The molecule has 1 unspecified atom stereocenters. The summed E-state index contributed by atoms with van der Waals surface area (Å²) in [4.78, 5) is 13.6. The van der Waals surface area contributed by atoms with Gasteiger partial charge >= 0.3 is 6.09 Å². The molecule has 1 atom stereocenters. The Morgan fingerprint density at radius 2 is 2.10 bits per heavy atom. The molecule has 1 fully saturated rings. The lowest BCUT2D eigenvalue weighted by atomic mass is 9.83. The standard InChI is InChI=1S/C16H21NO3/c1-3-19-15(18)17-10-8-16(9-11-17)14-7-5-4-6-13(14)12(2)20-16/h4-7,12H,3,8-11H2,1-2H3. The van der Waals surface area contributed by atoms with Crippen molar-refractivity contribution in [2.75, 3.05) is 19.7 Å². The Morgan fingerprint density at radius 3 is 2.80 bits per heavy atom. The van der Waals surface area contributed by atoms with Crippen molar-refractivity contribution in [3.05, 3.63) is 35.4 Å². The van der Waals surface area contributed by atoms with Crippen molar-refractivity contribution in [2.24, 2.45) is 0 Å². The zero-order chi connectivity index (χ0) is 14.2. The fourth-order valence-electron chi connectivity index (χ4n) is 3.38. The average molecular weight is 275 g/mol. The summed E-state index contributed by atoms with van der Waals surface area (Å²) in [6.45, 7) is 5.75. The fraction of sp³-hybridized carbons (Fsp3) is 0.562. The van der Waals surface area contributed by atoms with Gasteiger partial charge in [0, 0.05) is 13.1 Å². The van der Waals surface area contributed by atoms with Crippen LogP contribution in [0.15, 0.2) is 24.3 Å². The minimum absolute atomic E-state index is 0.139. The molecular formula is C16H21NO3. The minimum Gasteiger partial charge on any atom is -0.450 e. The van der Waals surface area contributed by atoms with E-state index < -0.39 is 0 Å². The van der Waals surface area contributed by atoms with Crippen LogP contribution in [-0.2, 0) is 15.1 Å². The minimum atomic E-state index is -0.209. The molecule has 0 N–H and O–H groups in total. The Morgan fingerprint density at radius 1 is 1.40 bits per heavy atom. The quantitative estimate of drug-likeness (QED) is 0.790. The van der Waals surface area contributed by atoms with Gasteiger partial charge in [0.05, 0.1) is 18.3 Å². The summed E-state index contributed by atoms with van der Waals surface area (Å²) in [5.41, 5.74) is 2.38.